The summed E-state index contributed by atoms with van der Waals surface area (Å²) in [5, 5.41) is 0.920. The van der Waals surface area contributed by atoms with E-state index in [9.17, 15) is 4.39 Å². The summed E-state index contributed by atoms with van der Waals surface area (Å²) in [5.41, 5.74) is 3.65. The molecule has 1 aliphatic carbocycles. The molecule has 4 rings (SSSR count). The Balaban J connectivity index is 1.31. The van der Waals surface area contributed by atoms with Gasteiger partial charge in [-0.1, -0.05) is 30.3 Å². The topological polar surface area (TPSA) is 28.3 Å². The molecule has 0 radical (unpaired) electrons. The Morgan fingerprint density at radius 2 is 1.86 bits per heavy atom. The molecule has 1 N–H and O–H groups in total. The Hall–Kier alpha value is -2.17. The predicted molar refractivity (Wildman–Crippen MR) is 116 cm³/mol. The first-order valence-electron chi connectivity index (χ1n) is 10.6. The van der Waals surface area contributed by atoms with Crippen molar-refractivity contribution in [3.63, 3.8) is 0 Å². The van der Waals surface area contributed by atoms with E-state index in [1.165, 1.54) is 37.3 Å². The van der Waals surface area contributed by atoms with Crippen LogP contribution in [0.3, 0.4) is 0 Å². The van der Waals surface area contributed by atoms with Gasteiger partial charge >= 0.3 is 0 Å². The summed E-state index contributed by atoms with van der Waals surface area (Å²) in [7, 11) is 4.44. The van der Waals surface area contributed by atoms with E-state index in [1.807, 2.05) is 6.20 Å². The van der Waals surface area contributed by atoms with E-state index in [-0.39, 0.29) is 11.4 Å². The molecule has 1 heterocycles. The highest BCUT2D eigenvalue weighted by Gasteiger charge is 2.37. The predicted octanol–water partition coefficient (Wildman–Crippen LogP) is 5.56. The minimum absolute atomic E-state index is 0.205. The van der Waals surface area contributed by atoms with Crippen LogP contribution in [0.4, 0.5) is 4.39 Å². The number of nitrogens with zero attached hydrogens (tertiary/aromatic N) is 1. The van der Waals surface area contributed by atoms with Crippen LogP contribution in [0.5, 0.6) is 0 Å². The molecule has 0 unspecified atom stereocenters. The van der Waals surface area contributed by atoms with E-state index in [0.29, 0.717) is 12.5 Å². The second kappa shape index (κ2) is 8.68. The summed E-state index contributed by atoms with van der Waals surface area (Å²) in [6, 6.07) is 15.7. The van der Waals surface area contributed by atoms with Crippen LogP contribution in [0.2, 0.25) is 0 Å². The molecule has 2 aromatic carbocycles. The van der Waals surface area contributed by atoms with Crippen molar-refractivity contribution in [2.24, 2.45) is 5.92 Å². The van der Waals surface area contributed by atoms with Crippen molar-refractivity contribution in [2.45, 2.75) is 44.2 Å². The summed E-state index contributed by atoms with van der Waals surface area (Å²) < 4.78 is 19.6. The molecule has 3 nitrogen and oxygen atoms in total. The van der Waals surface area contributed by atoms with Crippen molar-refractivity contribution in [1.82, 2.24) is 9.88 Å². The smallest absolute Gasteiger partial charge is 0.123 e. The molecule has 3 aromatic rings. The third-order valence-electron chi connectivity index (χ3n) is 6.70. The number of aromatic nitrogens is 1. The lowest BCUT2D eigenvalue weighted by molar-refractivity contribution is 0.0308. The molecule has 1 fully saturated rings. The quantitative estimate of drug-likeness (QED) is 0.568. The maximum Gasteiger partial charge on any atom is 0.123 e. The maximum absolute atomic E-state index is 13.5. The number of aromatic amines is 1. The number of ether oxygens (including phenoxy) is 1. The van der Waals surface area contributed by atoms with Gasteiger partial charge in [-0.3, -0.25) is 0 Å². The minimum atomic E-state index is -0.205. The van der Waals surface area contributed by atoms with E-state index in [2.05, 4.69) is 54.3 Å². The molecule has 0 amide bonds. The second-order valence-electron chi connectivity index (χ2n) is 8.74. The Labute approximate surface area is 172 Å². The number of H-pyrrole nitrogens is 1. The van der Waals surface area contributed by atoms with Gasteiger partial charge in [-0.25, -0.2) is 4.39 Å². The third kappa shape index (κ3) is 4.54. The number of likely N-dealkylation sites (N-methyl/N-ethyl adjacent to an activating group) is 1. The maximum atomic E-state index is 13.5. The highest BCUT2D eigenvalue weighted by molar-refractivity contribution is 5.83. The van der Waals surface area contributed by atoms with Gasteiger partial charge in [0.1, 0.15) is 5.82 Å². The van der Waals surface area contributed by atoms with Crippen LogP contribution in [0.1, 0.15) is 36.8 Å². The number of fused-ring (bicyclic) bond motifs is 1. The van der Waals surface area contributed by atoms with Crippen molar-refractivity contribution >= 4 is 10.9 Å². The van der Waals surface area contributed by atoms with Crippen molar-refractivity contribution in [2.75, 3.05) is 20.7 Å². The molecule has 0 aliphatic heterocycles. The van der Waals surface area contributed by atoms with Crippen molar-refractivity contribution in [3.05, 3.63) is 71.7 Å². The molecule has 29 heavy (non-hydrogen) atoms. The van der Waals surface area contributed by atoms with E-state index >= 15 is 0 Å². The minimum Gasteiger partial charge on any atom is -0.376 e. The first-order valence-corrected chi connectivity index (χ1v) is 10.6. The SMILES string of the molecule is CN(C)C1(Cc2ccccc2)CCC(COCc2c[nH]c3ccc(F)cc23)CC1. The van der Waals surface area contributed by atoms with Gasteiger partial charge in [-0.05, 0) is 75.9 Å². The number of hydrogen-bond acceptors (Lipinski definition) is 2. The van der Waals surface area contributed by atoms with Crippen LogP contribution in [0.15, 0.2) is 54.7 Å². The van der Waals surface area contributed by atoms with E-state index in [0.717, 1.165) is 29.5 Å². The van der Waals surface area contributed by atoms with Gasteiger partial charge < -0.3 is 14.6 Å². The van der Waals surface area contributed by atoms with Crippen molar-refractivity contribution in [1.29, 1.82) is 0 Å². The van der Waals surface area contributed by atoms with Crippen molar-refractivity contribution < 1.29 is 9.13 Å². The Bertz CT molecular complexity index is 926. The molecule has 4 heteroatoms. The average molecular weight is 395 g/mol. The number of rotatable bonds is 7. The summed E-state index contributed by atoms with van der Waals surface area (Å²) >= 11 is 0. The first-order chi connectivity index (χ1) is 14.1. The van der Waals surface area contributed by atoms with Crippen molar-refractivity contribution in [3.8, 4) is 0 Å². The van der Waals surface area contributed by atoms with Crippen LogP contribution in [-0.4, -0.2) is 36.1 Å². The highest BCUT2D eigenvalue weighted by atomic mass is 19.1. The lowest BCUT2D eigenvalue weighted by Gasteiger charge is -2.45. The standard InChI is InChI=1S/C25H31FN2O/c1-28(2)25(15-19-6-4-3-5-7-19)12-10-20(11-13-25)17-29-18-21-16-27-24-9-8-22(26)14-23(21)24/h3-9,14,16,20,27H,10-13,15,17-18H2,1-2H3. The molecule has 0 spiro atoms. The normalized spacial score (nSPS) is 22.4. The largest absolute Gasteiger partial charge is 0.376 e. The Morgan fingerprint density at radius 3 is 2.59 bits per heavy atom. The molecule has 1 saturated carbocycles. The van der Waals surface area contributed by atoms with E-state index in [4.69, 9.17) is 4.74 Å². The number of hydrogen-bond donors (Lipinski definition) is 1. The molecule has 0 saturated heterocycles. The van der Waals surface area contributed by atoms with Gasteiger partial charge in [-0.15, -0.1) is 0 Å². The zero-order valence-corrected chi connectivity index (χ0v) is 17.5. The van der Waals surface area contributed by atoms with Crippen LogP contribution in [0.25, 0.3) is 10.9 Å². The Kier molecular flexibility index (Phi) is 6.02. The molecule has 154 valence electrons. The van der Waals surface area contributed by atoms with Gasteiger partial charge in [0.2, 0.25) is 0 Å². The second-order valence-corrected chi connectivity index (χ2v) is 8.74. The highest BCUT2D eigenvalue weighted by Crippen LogP contribution is 2.38. The molecule has 0 bridgehead atoms. The zero-order chi connectivity index (χ0) is 20.3. The molecule has 0 atom stereocenters. The number of halogens is 1. The van der Waals surface area contributed by atoms with Gasteiger partial charge in [0, 0.05) is 34.8 Å². The Morgan fingerprint density at radius 1 is 1.10 bits per heavy atom. The lowest BCUT2D eigenvalue weighted by atomic mass is 9.73. The van der Waals surface area contributed by atoms with Gasteiger partial charge in [-0.2, -0.15) is 0 Å². The molecular weight excluding hydrogens is 363 g/mol. The van der Waals surface area contributed by atoms with Crippen LogP contribution >= 0.6 is 0 Å². The van der Waals surface area contributed by atoms with E-state index in [1.54, 1.807) is 12.1 Å². The van der Waals surface area contributed by atoms with Crippen LogP contribution < -0.4 is 0 Å². The first kappa shape index (κ1) is 20.1. The van der Waals surface area contributed by atoms with Gasteiger partial charge in [0.15, 0.2) is 0 Å². The fourth-order valence-corrected chi connectivity index (χ4v) is 4.75. The summed E-state index contributed by atoms with van der Waals surface area (Å²) in [4.78, 5) is 5.63. The van der Waals surface area contributed by atoms with E-state index < -0.39 is 0 Å². The van der Waals surface area contributed by atoms with Crippen LogP contribution in [0, 0.1) is 11.7 Å². The van der Waals surface area contributed by atoms with Crippen LogP contribution in [-0.2, 0) is 17.8 Å². The average Bonchev–Trinajstić information content (AvgIpc) is 3.12. The summed E-state index contributed by atoms with van der Waals surface area (Å²) in [6.45, 7) is 1.31. The number of nitrogens with one attached hydrogen (secondary N) is 1. The third-order valence-corrected chi connectivity index (χ3v) is 6.70. The monoisotopic (exact) mass is 394 g/mol. The molecule has 1 aliphatic rings. The van der Waals surface area contributed by atoms with Gasteiger partial charge in [0.25, 0.3) is 0 Å². The fraction of sp³-hybridized carbons (Fsp3) is 0.440. The summed E-state index contributed by atoms with van der Waals surface area (Å²) in [6.07, 6.45) is 7.81. The molecular formula is C25H31FN2O. The zero-order valence-electron chi connectivity index (χ0n) is 17.5. The fourth-order valence-electron chi connectivity index (χ4n) is 4.75. The summed E-state index contributed by atoms with van der Waals surface area (Å²) in [5.74, 6) is 0.393. The number of benzene rings is 2. The lowest BCUT2D eigenvalue weighted by Crippen LogP contribution is -2.49. The van der Waals surface area contributed by atoms with Gasteiger partial charge in [0.05, 0.1) is 6.61 Å². The molecule has 1 aromatic heterocycles.